The van der Waals surface area contributed by atoms with Gasteiger partial charge in [0.25, 0.3) is 5.91 Å². The summed E-state index contributed by atoms with van der Waals surface area (Å²) in [4.78, 5) is 27.1. The number of aryl methyl sites for hydroxylation is 2. The van der Waals surface area contributed by atoms with Gasteiger partial charge in [0.15, 0.2) is 0 Å². The Kier molecular flexibility index (Phi) is 4.81. The van der Waals surface area contributed by atoms with Crippen molar-refractivity contribution in [2.75, 3.05) is 6.54 Å². The first-order chi connectivity index (χ1) is 9.52. The number of hydrogen-bond donors (Lipinski definition) is 1. The largest absolute Gasteiger partial charge is 0.480 e. The molecule has 1 fully saturated rings. The lowest BCUT2D eigenvalue weighted by molar-refractivity contribution is -0.138. The van der Waals surface area contributed by atoms with Crippen molar-refractivity contribution < 1.29 is 14.7 Å². The number of carbonyl (C=O) groups is 2. The van der Waals surface area contributed by atoms with Crippen LogP contribution < -0.4 is 0 Å². The lowest BCUT2D eigenvalue weighted by Crippen LogP contribution is -2.42. The fourth-order valence-electron chi connectivity index (χ4n) is 2.85. The van der Waals surface area contributed by atoms with Gasteiger partial charge < -0.3 is 10.0 Å². The van der Waals surface area contributed by atoms with Crippen LogP contribution in [-0.4, -0.2) is 34.5 Å². The van der Waals surface area contributed by atoms with Gasteiger partial charge in [-0.1, -0.05) is 19.8 Å². The van der Waals surface area contributed by atoms with Gasteiger partial charge in [-0.3, -0.25) is 9.59 Å². The lowest BCUT2D eigenvalue weighted by Gasteiger charge is -2.26. The van der Waals surface area contributed by atoms with E-state index in [9.17, 15) is 9.59 Å². The van der Waals surface area contributed by atoms with Gasteiger partial charge in [-0.2, -0.15) is 0 Å². The van der Waals surface area contributed by atoms with E-state index in [0.29, 0.717) is 4.88 Å². The monoisotopic (exact) mass is 295 g/mol. The Labute approximate surface area is 123 Å². The Bertz CT molecular complexity index is 503. The van der Waals surface area contributed by atoms with Gasteiger partial charge in [-0.05, 0) is 37.8 Å². The zero-order chi connectivity index (χ0) is 14.7. The summed E-state index contributed by atoms with van der Waals surface area (Å²) in [5.41, 5.74) is 1.13. The molecular weight excluding hydrogens is 274 g/mol. The summed E-state index contributed by atoms with van der Waals surface area (Å²) in [6.45, 7) is 3.88. The first-order valence-electron chi connectivity index (χ1n) is 7.15. The van der Waals surface area contributed by atoms with Gasteiger partial charge in [0.2, 0.25) is 0 Å². The molecule has 2 rings (SSSR count). The maximum Gasteiger partial charge on any atom is 0.323 e. The van der Waals surface area contributed by atoms with Crippen molar-refractivity contribution >= 4 is 23.2 Å². The Balaban J connectivity index is 2.22. The average Bonchev–Trinajstić information content (AvgIpc) is 3.04. The third kappa shape index (κ3) is 3.20. The fourth-order valence-corrected chi connectivity index (χ4v) is 3.92. The van der Waals surface area contributed by atoms with Crippen LogP contribution in [0, 0.1) is 6.92 Å². The van der Waals surface area contributed by atoms with E-state index in [2.05, 4.69) is 6.92 Å². The van der Waals surface area contributed by atoms with Crippen LogP contribution >= 0.6 is 11.3 Å². The topological polar surface area (TPSA) is 57.6 Å². The summed E-state index contributed by atoms with van der Waals surface area (Å²) in [6, 6.07) is 1.99. The van der Waals surface area contributed by atoms with E-state index in [4.69, 9.17) is 5.11 Å². The third-order valence-corrected chi connectivity index (χ3v) is 5.25. The summed E-state index contributed by atoms with van der Waals surface area (Å²) in [5.74, 6) is -1.05. The number of amides is 1. The van der Waals surface area contributed by atoms with Gasteiger partial charge in [-0.15, -0.1) is 11.3 Å². The highest BCUT2D eigenvalue weighted by atomic mass is 32.1. The summed E-state index contributed by atoms with van der Waals surface area (Å²) >= 11 is 1.50. The van der Waals surface area contributed by atoms with Crippen molar-refractivity contribution in [2.24, 2.45) is 0 Å². The zero-order valence-corrected chi connectivity index (χ0v) is 12.8. The standard InChI is InChI=1S/C15H21NO3S/c1-3-12-10(2)8-13(20-12)15(19)16(9-14(17)18)11-6-4-5-7-11/h8,11H,3-7,9H2,1-2H3,(H,17,18). The molecule has 5 heteroatoms. The maximum absolute atomic E-state index is 12.6. The van der Waals surface area contributed by atoms with Crippen molar-refractivity contribution in [3.63, 3.8) is 0 Å². The number of thiophene rings is 1. The summed E-state index contributed by atoms with van der Waals surface area (Å²) in [7, 11) is 0. The number of nitrogens with zero attached hydrogens (tertiary/aromatic N) is 1. The highest BCUT2D eigenvalue weighted by molar-refractivity contribution is 7.14. The van der Waals surface area contributed by atoms with Crippen molar-refractivity contribution in [1.82, 2.24) is 4.90 Å². The Morgan fingerprint density at radius 1 is 1.40 bits per heavy atom. The third-order valence-electron chi connectivity index (χ3n) is 3.88. The molecule has 20 heavy (non-hydrogen) atoms. The van der Waals surface area contributed by atoms with E-state index in [-0.39, 0.29) is 18.5 Å². The predicted molar refractivity (Wildman–Crippen MR) is 79.4 cm³/mol. The molecule has 1 heterocycles. The van der Waals surface area contributed by atoms with Crippen molar-refractivity contribution in [3.05, 3.63) is 21.4 Å². The van der Waals surface area contributed by atoms with E-state index < -0.39 is 5.97 Å². The van der Waals surface area contributed by atoms with Crippen molar-refractivity contribution in [1.29, 1.82) is 0 Å². The van der Waals surface area contributed by atoms with E-state index in [1.54, 1.807) is 4.90 Å². The van der Waals surface area contributed by atoms with Crippen LogP contribution in [-0.2, 0) is 11.2 Å². The molecule has 1 saturated carbocycles. The van der Waals surface area contributed by atoms with E-state index >= 15 is 0 Å². The lowest BCUT2D eigenvalue weighted by atomic mass is 10.2. The number of aliphatic carboxylic acids is 1. The average molecular weight is 295 g/mol. The Morgan fingerprint density at radius 3 is 2.55 bits per heavy atom. The van der Waals surface area contributed by atoms with Crippen molar-refractivity contribution in [3.8, 4) is 0 Å². The number of carbonyl (C=O) groups excluding carboxylic acids is 1. The number of carboxylic acids is 1. The van der Waals surface area contributed by atoms with E-state index in [1.807, 2.05) is 13.0 Å². The second-order valence-electron chi connectivity index (χ2n) is 5.34. The quantitative estimate of drug-likeness (QED) is 0.908. The molecular formula is C15H21NO3S. The summed E-state index contributed by atoms with van der Waals surface area (Å²) in [5, 5.41) is 9.06. The molecule has 0 unspecified atom stereocenters. The van der Waals surface area contributed by atoms with Crippen LogP contribution in [0.15, 0.2) is 6.07 Å². The van der Waals surface area contributed by atoms with E-state index in [1.165, 1.54) is 16.2 Å². The molecule has 0 spiro atoms. The molecule has 1 aromatic rings. The Morgan fingerprint density at radius 2 is 2.05 bits per heavy atom. The Hall–Kier alpha value is -1.36. The van der Waals surface area contributed by atoms with E-state index in [0.717, 1.165) is 37.7 Å². The number of carboxylic acid groups (broad SMARTS) is 1. The summed E-state index contributed by atoms with van der Waals surface area (Å²) < 4.78 is 0. The van der Waals surface area contributed by atoms with Crippen LogP contribution in [0.25, 0.3) is 0 Å². The molecule has 0 aromatic carbocycles. The zero-order valence-electron chi connectivity index (χ0n) is 12.0. The second kappa shape index (κ2) is 6.39. The van der Waals surface area contributed by atoms with Gasteiger partial charge in [-0.25, -0.2) is 0 Å². The molecule has 0 saturated heterocycles. The molecule has 0 bridgehead atoms. The number of hydrogen-bond acceptors (Lipinski definition) is 3. The molecule has 1 aliphatic carbocycles. The van der Waals surface area contributed by atoms with Crippen LogP contribution in [0.5, 0.6) is 0 Å². The molecule has 4 nitrogen and oxygen atoms in total. The van der Waals surface area contributed by atoms with Crippen molar-refractivity contribution in [2.45, 2.75) is 52.0 Å². The van der Waals surface area contributed by atoms with Crippen LogP contribution in [0.1, 0.15) is 52.7 Å². The molecule has 0 aliphatic heterocycles. The fraction of sp³-hybridized carbons (Fsp3) is 0.600. The first-order valence-corrected chi connectivity index (χ1v) is 7.96. The first kappa shape index (κ1) is 15.0. The van der Waals surface area contributed by atoms with Gasteiger partial charge in [0.1, 0.15) is 6.54 Å². The maximum atomic E-state index is 12.6. The molecule has 1 N–H and O–H groups in total. The predicted octanol–water partition coefficient (Wildman–Crippen LogP) is 3.09. The SMILES string of the molecule is CCc1sc(C(=O)N(CC(=O)O)C2CCCC2)cc1C. The molecule has 0 atom stereocenters. The minimum Gasteiger partial charge on any atom is -0.480 e. The van der Waals surface area contributed by atoms with Gasteiger partial charge in [0, 0.05) is 10.9 Å². The molecule has 1 aliphatic rings. The van der Waals surface area contributed by atoms with Gasteiger partial charge in [0.05, 0.1) is 4.88 Å². The van der Waals surface area contributed by atoms with Crippen LogP contribution in [0.2, 0.25) is 0 Å². The number of rotatable bonds is 5. The van der Waals surface area contributed by atoms with Gasteiger partial charge >= 0.3 is 5.97 Å². The highest BCUT2D eigenvalue weighted by Gasteiger charge is 2.30. The minimum atomic E-state index is -0.936. The molecule has 0 radical (unpaired) electrons. The smallest absolute Gasteiger partial charge is 0.323 e. The molecule has 110 valence electrons. The second-order valence-corrected chi connectivity index (χ2v) is 6.47. The molecule has 1 amide bonds. The normalized spacial score (nSPS) is 15.5. The highest BCUT2D eigenvalue weighted by Crippen LogP contribution is 2.28. The van der Waals surface area contributed by atoms with Crippen LogP contribution in [0.4, 0.5) is 0 Å². The van der Waals surface area contributed by atoms with Crippen LogP contribution in [0.3, 0.4) is 0 Å². The molecule has 1 aromatic heterocycles. The summed E-state index contributed by atoms with van der Waals surface area (Å²) in [6.07, 6.45) is 4.91. The minimum absolute atomic E-state index is 0.0890.